The third-order valence-electron chi connectivity index (χ3n) is 3.36. The normalized spacial score (nSPS) is 36.4. The number of alkyl halides is 4. The lowest BCUT2D eigenvalue weighted by Crippen LogP contribution is -2.59. The van der Waals surface area contributed by atoms with Crippen LogP contribution in [0.5, 0.6) is 0 Å². The molecule has 0 aromatic carbocycles. The minimum absolute atomic E-state index is 0.331. The fraction of sp³-hybridized carbons (Fsp3) is 0.545. The van der Waals surface area contributed by atoms with Gasteiger partial charge in [-0.2, -0.15) is 13.2 Å². The molecule has 2 heterocycles. The van der Waals surface area contributed by atoms with Gasteiger partial charge in [-0.05, 0) is 0 Å². The maximum Gasteiger partial charge on any atom is 0.429 e. The third kappa shape index (κ3) is 2.25. The van der Waals surface area contributed by atoms with E-state index < -0.39 is 54.4 Å². The van der Waals surface area contributed by atoms with Crippen LogP contribution in [0.15, 0.2) is 29.4 Å². The van der Waals surface area contributed by atoms with Crippen molar-refractivity contribution in [2.75, 3.05) is 6.61 Å². The molecule has 0 spiro atoms. The van der Waals surface area contributed by atoms with Gasteiger partial charge in [-0.15, -0.1) is 0 Å². The van der Waals surface area contributed by atoms with Crippen molar-refractivity contribution in [2.24, 2.45) is 10.7 Å². The van der Waals surface area contributed by atoms with Crippen LogP contribution in [0.2, 0.25) is 0 Å². The van der Waals surface area contributed by atoms with Crippen molar-refractivity contribution < 1.29 is 36.9 Å². The van der Waals surface area contributed by atoms with Crippen molar-refractivity contribution in [3.8, 4) is 0 Å². The molecule has 0 saturated carbocycles. The standard InChI is InChI=1S/C11H12F5N3O3/c1-4-18-8(17)5(12)2-19(4)9-10(13,11(14,15)16)7(21)6(3-20)22-9/h2,6-7,9,20-21H,1,3H2,(H2,17,18)/t6-,7+,9-,10?/m1/s1. The van der Waals surface area contributed by atoms with E-state index in [0.29, 0.717) is 11.1 Å². The lowest BCUT2D eigenvalue weighted by molar-refractivity contribution is -0.275. The quantitative estimate of drug-likeness (QED) is 0.634. The SMILES string of the molecule is C=C1N=C(N)C(F)=CN1[C@@H]1O[C@H](CO)[C@H](O)C1(F)C(F)(F)F. The van der Waals surface area contributed by atoms with E-state index in [-0.39, 0.29) is 0 Å². The van der Waals surface area contributed by atoms with Crippen LogP contribution >= 0.6 is 0 Å². The molecule has 0 amide bonds. The Kier molecular flexibility index (Phi) is 3.92. The fourth-order valence-corrected chi connectivity index (χ4v) is 2.19. The van der Waals surface area contributed by atoms with Crippen LogP contribution in [0.25, 0.3) is 0 Å². The number of aliphatic hydroxyl groups is 2. The second-order valence-electron chi connectivity index (χ2n) is 4.72. The van der Waals surface area contributed by atoms with Crippen LogP contribution in [0.3, 0.4) is 0 Å². The number of aliphatic imine (C=N–C) groups is 1. The van der Waals surface area contributed by atoms with Crippen LogP contribution in [0, 0.1) is 0 Å². The molecule has 0 radical (unpaired) electrons. The average Bonchev–Trinajstić information content (AvgIpc) is 2.67. The van der Waals surface area contributed by atoms with Crippen molar-refractivity contribution in [3.63, 3.8) is 0 Å². The second-order valence-corrected chi connectivity index (χ2v) is 4.72. The summed E-state index contributed by atoms with van der Waals surface area (Å²) in [5, 5.41) is 18.5. The van der Waals surface area contributed by atoms with Gasteiger partial charge >= 0.3 is 6.18 Å². The van der Waals surface area contributed by atoms with Crippen LogP contribution < -0.4 is 5.73 Å². The third-order valence-corrected chi connectivity index (χ3v) is 3.36. The number of aliphatic hydroxyl groups excluding tert-OH is 2. The fourth-order valence-electron chi connectivity index (χ4n) is 2.19. The first-order valence-corrected chi connectivity index (χ1v) is 5.93. The zero-order valence-corrected chi connectivity index (χ0v) is 10.9. The maximum absolute atomic E-state index is 14.6. The number of rotatable bonds is 2. The molecule has 4 atom stereocenters. The number of hydrogen-bond acceptors (Lipinski definition) is 6. The Morgan fingerprint density at radius 1 is 1.50 bits per heavy atom. The summed E-state index contributed by atoms with van der Waals surface area (Å²) >= 11 is 0. The Morgan fingerprint density at radius 3 is 2.59 bits per heavy atom. The zero-order valence-electron chi connectivity index (χ0n) is 10.9. The lowest BCUT2D eigenvalue weighted by Gasteiger charge is -2.37. The van der Waals surface area contributed by atoms with E-state index in [1.54, 1.807) is 0 Å². The Labute approximate surface area is 121 Å². The maximum atomic E-state index is 14.6. The smallest absolute Gasteiger partial charge is 0.394 e. The van der Waals surface area contributed by atoms with Crippen molar-refractivity contribution in [3.05, 3.63) is 24.4 Å². The summed E-state index contributed by atoms with van der Waals surface area (Å²) in [6.45, 7) is 2.17. The Morgan fingerprint density at radius 2 is 2.09 bits per heavy atom. The first-order valence-electron chi connectivity index (χ1n) is 5.93. The lowest BCUT2D eigenvalue weighted by atomic mass is 9.94. The molecule has 0 aliphatic carbocycles. The van der Waals surface area contributed by atoms with E-state index in [4.69, 9.17) is 15.6 Å². The number of halogens is 5. The Hall–Kier alpha value is -1.72. The summed E-state index contributed by atoms with van der Waals surface area (Å²) in [6.07, 6.45) is -12.2. The van der Waals surface area contributed by atoms with Gasteiger partial charge in [0.05, 0.1) is 6.61 Å². The summed E-state index contributed by atoms with van der Waals surface area (Å²) in [5.41, 5.74) is 0.847. The summed E-state index contributed by atoms with van der Waals surface area (Å²) < 4.78 is 72.0. The second kappa shape index (κ2) is 5.18. The highest BCUT2D eigenvalue weighted by Gasteiger charge is 2.73. The number of nitrogens with two attached hydrogens (primary N) is 1. The summed E-state index contributed by atoms with van der Waals surface area (Å²) in [7, 11) is 0. The number of amidine groups is 1. The highest BCUT2D eigenvalue weighted by molar-refractivity contribution is 5.96. The van der Waals surface area contributed by atoms with Crippen LogP contribution in [-0.4, -0.2) is 57.8 Å². The molecule has 1 unspecified atom stereocenters. The van der Waals surface area contributed by atoms with E-state index in [0.717, 1.165) is 0 Å². The molecule has 11 heteroatoms. The van der Waals surface area contributed by atoms with Crippen molar-refractivity contribution >= 4 is 5.84 Å². The van der Waals surface area contributed by atoms with Gasteiger partial charge in [0.2, 0.25) is 0 Å². The topological polar surface area (TPSA) is 91.3 Å². The van der Waals surface area contributed by atoms with Gasteiger partial charge in [0.25, 0.3) is 5.67 Å². The summed E-state index contributed by atoms with van der Waals surface area (Å²) in [6, 6.07) is 0. The first kappa shape index (κ1) is 16.6. The number of nitrogens with zero attached hydrogens (tertiary/aromatic N) is 2. The number of hydrogen-bond donors (Lipinski definition) is 3. The minimum Gasteiger partial charge on any atom is -0.394 e. The van der Waals surface area contributed by atoms with Crippen molar-refractivity contribution in [1.29, 1.82) is 0 Å². The van der Waals surface area contributed by atoms with E-state index in [2.05, 4.69) is 11.6 Å². The molecule has 6 nitrogen and oxygen atoms in total. The molecule has 2 aliphatic heterocycles. The molecule has 1 fully saturated rings. The molecule has 2 rings (SSSR count). The van der Waals surface area contributed by atoms with Gasteiger partial charge in [0.1, 0.15) is 18.0 Å². The molecule has 0 aromatic heterocycles. The molecule has 4 N–H and O–H groups in total. The minimum atomic E-state index is -5.56. The molecule has 0 aromatic rings. The Balaban J connectivity index is 2.47. The van der Waals surface area contributed by atoms with E-state index in [1.807, 2.05) is 0 Å². The van der Waals surface area contributed by atoms with Gasteiger partial charge < -0.3 is 25.6 Å². The van der Waals surface area contributed by atoms with Crippen LogP contribution in [0.4, 0.5) is 22.0 Å². The Bertz CT molecular complexity index is 550. The zero-order chi connectivity index (χ0) is 16.9. The average molecular weight is 329 g/mol. The monoisotopic (exact) mass is 329 g/mol. The predicted octanol–water partition coefficient (Wildman–Crippen LogP) is 0.290. The van der Waals surface area contributed by atoms with Gasteiger partial charge in [-0.1, -0.05) is 6.58 Å². The molecular weight excluding hydrogens is 317 g/mol. The van der Waals surface area contributed by atoms with Crippen LogP contribution in [-0.2, 0) is 4.74 Å². The largest absolute Gasteiger partial charge is 0.429 e. The molecule has 0 bridgehead atoms. The van der Waals surface area contributed by atoms with Gasteiger partial charge in [-0.3, -0.25) is 0 Å². The van der Waals surface area contributed by atoms with Crippen LogP contribution in [0.1, 0.15) is 0 Å². The van der Waals surface area contributed by atoms with Crippen molar-refractivity contribution in [1.82, 2.24) is 4.90 Å². The van der Waals surface area contributed by atoms with Gasteiger partial charge in [-0.25, -0.2) is 13.8 Å². The van der Waals surface area contributed by atoms with Gasteiger partial charge in [0, 0.05) is 6.20 Å². The molecule has 2 aliphatic rings. The van der Waals surface area contributed by atoms with Gasteiger partial charge in [0.15, 0.2) is 17.9 Å². The number of ether oxygens (including phenoxy) is 1. The molecule has 1 saturated heterocycles. The highest BCUT2D eigenvalue weighted by Crippen LogP contribution is 2.48. The van der Waals surface area contributed by atoms with E-state index in [1.165, 1.54) is 0 Å². The summed E-state index contributed by atoms with van der Waals surface area (Å²) in [4.78, 5) is 3.67. The molecular formula is C11H12F5N3O3. The molecule has 22 heavy (non-hydrogen) atoms. The highest BCUT2D eigenvalue weighted by atomic mass is 19.4. The summed E-state index contributed by atoms with van der Waals surface area (Å²) in [5.74, 6) is -2.38. The van der Waals surface area contributed by atoms with Crippen molar-refractivity contribution in [2.45, 2.75) is 30.3 Å². The van der Waals surface area contributed by atoms with E-state index >= 15 is 0 Å². The van der Waals surface area contributed by atoms with E-state index in [9.17, 15) is 27.1 Å². The first-order chi connectivity index (χ1) is 10.0. The predicted molar refractivity (Wildman–Crippen MR) is 63.4 cm³/mol. The molecule has 124 valence electrons.